The molecule has 1 heterocycles. The Labute approximate surface area is 170 Å². The highest BCUT2D eigenvalue weighted by Crippen LogP contribution is 2.27. The zero-order valence-electron chi connectivity index (χ0n) is 16.3. The lowest BCUT2D eigenvalue weighted by atomic mass is 10.0. The second-order valence-corrected chi connectivity index (χ2v) is 8.94. The Balaban J connectivity index is 1.66. The molecule has 0 bridgehead atoms. The molecule has 1 saturated heterocycles. The van der Waals surface area contributed by atoms with Gasteiger partial charge in [-0.1, -0.05) is 18.6 Å². The largest absolute Gasteiger partial charge is 0.497 e. The minimum Gasteiger partial charge on any atom is -0.497 e. The van der Waals surface area contributed by atoms with Crippen molar-refractivity contribution in [1.82, 2.24) is 9.62 Å². The molecule has 1 amide bonds. The molecule has 3 rings (SSSR count). The number of benzene rings is 2. The molecular weight excluding hydrogens is 395 g/mol. The van der Waals surface area contributed by atoms with Gasteiger partial charge >= 0.3 is 0 Å². The number of amides is 1. The lowest BCUT2D eigenvalue weighted by molar-refractivity contribution is -0.122. The average molecular weight is 421 g/mol. The molecule has 0 saturated carbocycles. The normalized spacial score (nSPS) is 17.7. The summed E-state index contributed by atoms with van der Waals surface area (Å²) in [6, 6.07) is 11.8. The molecule has 1 aliphatic heterocycles. The molecule has 1 fully saturated rings. The van der Waals surface area contributed by atoms with Crippen molar-refractivity contribution < 1.29 is 22.3 Å². The van der Waals surface area contributed by atoms with Crippen molar-refractivity contribution in [3.63, 3.8) is 0 Å². The smallest absolute Gasteiger partial charge is 0.243 e. The van der Waals surface area contributed by atoms with E-state index in [0.717, 1.165) is 30.5 Å². The second-order valence-electron chi connectivity index (χ2n) is 7.05. The van der Waals surface area contributed by atoms with Gasteiger partial charge in [-0.3, -0.25) is 4.79 Å². The number of piperidine rings is 1. The van der Waals surface area contributed by atoms with Gasteiger partial charge in [0.25, 0.3) is 0 Å². The molecule has 0 spiro atoms. The summed E-state index contributed by atoms with van der Waals surface area (Å²) in [5, 5.41) is 2.85. The monoisotopic (exact) mass is 420 g/mol. The SMILES string of the molecule is COc1cccc(CNC(=O)C[C@@H]2CCCCN2S(=O)(=O)c2ccc(F)cc2)c1. The number of ether oxygens (including phenoxy) is 1. The lowest BCUT2D eigenvalue weighted by Gasteiger charge is -2.34. The summed E-state index contributed by atoms with van der Waals surface area (Å²) in [7, 11) is -2.20. The molecule has 0 unspecified atom stereocenters. The quantitative estimate of drug-likeness (QED) is 0.747. The highest BCUT2D eigenvalue weighted by Gasteiger charge is 2.34. The van der Waals surface area contributed by atoms with Crippen molar-refractivity contribution in [3.8, 4) is 5.75 Å². The average Bonchev–Trinajstić information content (AvgIpc) is 2.73. The Hall–Kier alpha value is -2.45. The zero-order valence-corrected chi connectivity index (χ0v) is 17.1. The molecule has 156 valence electrons. The molecule has 29 heavy (non-hydrogen) atoms. The van der Waals surface area contributed by atoms with Gasteiger partial charge in [-0.25, -0.2) is 12.8 Å². The van der Waals surface area contributed by atoms with E-state index in [0.29, 0.717) is 25.3 Å². The van der Waals surface area contributed by atoms with Gasteiger partial charge in [0.15, 0.2) is 0 Å². The van der Waals surface area contributed by atoms with Crippen molar-refractivity contribution in [3.05, 3.63) is 59.9 Å². The predicted molar refractivity (Wildman–Crippen MR) is 107 cm³/mol. The first kappa shape index (κ1) is 21.3. The van der Waals surface area contributed by atoms with E-state index < -0.39 is 21.9 Å². The maximum absolute atomic E-state index is 13.2. The van der Waals surface area contributed by atoms with Crippen LogP contribution in [0.15, 0.2) is 53.4 Å². The van der Waals surface area contributed by atoms with Gasteiger partial charge in [0.05, 0.1) is 12.0 Å². The van der Waals surface area contributed by atoms with E-state index in [1.807, 2.05) is 24.3 Å². The number of hydrogen-bond donors (Lipinski definition) is 1. The molecule has 6 nitrogen and oxygen atoms in total. The third-order valence-electron chi connectivity index (χ3n) is 5.04. The molecule has 0 aromatic heterocycles. The summed E-state index contributed by atoms with van der Waals surface area (Å²) < 4.78 is 45.7. The second kappa shape index (κ2) is 9.37. The number of hydrogen-bond acceptors (Lipinski definition) is 4. The molecule has 2 aromatic rings. The minimum absolute atomic E-state index is 0.0441. The molecular formula is C21H25FN2O4S. The number of sulfonamides is 1. The van der Waals surface area contributed by atoms with Gasteiger partial charge in [0.1, 0.15) is 11.6 Å². The summed E-state index contributed by atoms with van der Waals surface area (Å²) in [5.41, 5.74) is 0.900. The van der Waals surface area contributed by atoms with Gasteiger partial charge in [0.2, 0.25) is 15.9 Å². The Kier molecular flexibility index (Phi) is 6.87. The van der Waals surface area contributed by atoms with Gasteiger partial charge in [0, 0.05) is 25.6 Å². The third-order valence-corrected chi connectivity index (χ3v) is 7.00. The minimum atomic E-state index is -3.78. The summed E-state index contributed by atoms with van der Waals surface area (Å²) in [4.78, 5) is 12.5. The van der Waals surface area contributed by atoms with Crippen LogP contribution in [-0.2, 0) is 21.4 Å². The Bertz CT molecular complexity index is 947. The third kappa shape index (κ3) is 5.33. The van der Waals surface area contributed by atoms with Crippen LogP contribution in [-0.4, -0.2) is 38.3 Å². The summed E-state index contributed by atoms with van der Waals surface area (Å²) in [6.45, 7) is 0.695. The highest BCUT2D eigenvalue weighted by molar-refractivity contribution is 7.89. The Morgan fingerprint density at radius 2 is 1.97 bits per heavy atom. The fourth-order valence-corrected chi connectivity index (χ4v) is 5.20. The van der Waals surface area contributed by atoms with E-state index in [-0.39, 0.29) is 17.2 Å². The van der Waals surface area contributed by atoms with Crippen LogP contribution in [0.2, 0.25) is 0 Å². The molecule has 0 aliphatic carbocycles. The first-order valence-corrected chi connectivity index (χ1v) is 11.0. The molecule has 8 heteroatoms. The maximum Gasteiger partial charge on any atom is 0.243 e. The van der Waals surface area contributed by atoms with Crippen LogP contribution in [0.5, 0.6) is 5.75 Å². The fraction of sp³-hybridized carbons (Fsp3) is 0.381. The number of nitrogens with zero attached hydrogens (tertiary/aromatic N) is 1. The van der Waals surface area contributed by atoms with Crippen LogP contribution in [0, 0.1) is 5.82 Å². The van der Waals surface area contributed by atoms with Crippen molar-refractivity contribution in [2.75, 3.05) is 13.7 Å². The zero-order chi connectivity index (χ0) is 20.9. The number of carbonyl (C=O) groups is 1. The number of rotatable bonds is 7. The maximum atomic E-state index is 13.2. The topological polar surface area (TPSA) is 75.7 Å². The predicted octanol–water partition coefficient (Wildman–Crippen LogP) is 3.08. The van der Waals surface area contributed by atoms with Crippen LogP contribution in [0.25, 0.3) is 0 Å². The number of methoxy groups -OCH3 is 1. The van der Waals surface area contributed by atoms with Gasteiger partial charge in [-0.05, 0) is 54.8 Å². The van der Waals surface area contributed by atoms with Crippen molar-refractivity contribution in [2.24, 2.45) is 0 Å². The number of nitrogens with one attached hydrogen (secondary N) is 1. The number of halogens is 1. The summed E-state index contributed by atoms with van der Waals surface area (Å²) >= 11 is 0. The van der Waals surface area contributed by atoms with E-state index in [1.54, 1.807) is 7.11 Å². The van der Waals surface area contributed by atoms with Crippen molar-refractivity contribution in [1.29, 1.82) is 0 Å². The molecule has 1 aliphatic rings. The summed E-state index contributed by atoms with van der Waals surface area (Å²) in [5.74, 6) is 0.00989. The molecule has 1 atom stereocenters. The van der Waals surface area contributed by atoms with E-state index in [4.69, 9.17) is 4.74 Å². The van der Waals surface area contributed by atoms with Crippen LogP contribution in [0.3, 0.4) is 0 Å². The van der Waals surface area contributed by atoms with Crippen LogP contribution in [0.4, 0.5) is 4.39 Å². The van der Waals surface area contributed by atoms with E-state index in [9.17, 15) is 17.6 Å². The van der Waals surface area contributed by atoms with Crippen molar-refractivity contribution in [2.45, 2.75) is 43.2 Å². The van der Waals surface area contributed by atoms with Gasteiger partial charge in [-0.15, -0.1) is 0 Å². The molecule has 2 aromatic carbocycles. The highest BCUT2D eigenvalue weighted by atomic mass is 32.2. The van der Waals surface area contributed by atoms with Gasteiger partial charge < -0.3 is 10.1 Å². The van der Waals surface area contributed by atoms with E-state index in [1.165, 1.54) is 16.4 Å². The standard InChI is InChI=1S/C21H25FN2O4S/c1-28-19-7-4-5-16(13-19)15-23-21(25)14-18-6-2-3-12-24(18)29(26,27)20-10-8-17(22)9-11-20/h4-5,7-11,13,18H,2-3,6,12,14-15H2,1H3,(H,23,25)/t18-/m0/s1. The molecule has 1 N–H and O–H groups in total. The fourth-order valence-electron chi connectivity index (χ4n) is 3.51. The lowest BCUT2D eigenvalue weighted by Crippen LogP contribution is -2.45. The van der Waals surface area contributed by atoms with Gasteiger partial charge in [-0.2, -0.15) is 4.31 Å². The van der Waals surface area contributed by atoms with E-state index in [2.05, 4.69) is 5.32 Å². The molecule has 0 radical (unpaired) electrons. The van der Waals surface area contributed by atoms with Crippen LogP contribution >= 0.6 is 0 Å². The Morgan fingerprint density at radius 3 is 2.69 bits per heavy atom. The van der Waals surface area contributed by atoms with Crippen molar-refractivity contribution >= 4 is 15.9 Å². The summed E-state index contributed by atoms with van der Waals surface area (Å²) in [6.07, 6.45) is 2.31. The number of carbonyl (C=O) groups excluding carboxylic acids is 1. The first-order valence-electron chi connectivity index (χ1n) is 9.57. The van der Waals surface area contributed by atoms with Crippen LogP contribution in [0.1, 0.15) is 31.2 Å². The van der Waals surface area contributed by atoms with Crippen LogP contribution < -0.4 is 10.1 Å². The Morgan fingerprint density at radius 1 is 1.21 bits per heavy atom. The van der Waals surface area contributed by atoms with E-state index >= 15 is 0 Å². The first-order chi connectivity index (χ1) is 13.9.